The largest absolute Gasteiger partial charge is 0.380 e. The van der Waals surface area contributed by atoms with Crippen molar-refractivity contribution in [1.29, 1.82) is 0 Å². The second-order valence-corrected chi connectivity index (χ2v) is 6.16. The van der Waals surface area contributed by atoms with Crippen LogP contribution in [0.25, 0.3) is 10.9 Å². The maximum Gasteiger partial charge on any atom is 0.171 e. The Bertz CT molecular complexity index is 1100. The van der Waals surface area contributed by atoms with Crippen LogP contribution in [0.1, 0.15) is 16.8 Å². The zero-order valence-corrected chi connectivity index (χ0v) is 14.7. The number of hydrogen-bond acceptors (Lipinski definition) is 3. The van der Waals surface area contributed by atoms with Crippen molar-refractivity contribution in [2.24, 2.45) is 15.9 Å². The maximum atomic E-state index is 5.95. The van der Waals surface area contributed by atoms with Crippen molar-refractivity contribution in [3.8, 4) is 0 Å². The summed E-state index contributed by atoms with van der Waals surface area (Å²) in [6.45, 7) is 0.800. The van der Waals surface area contributed by atoms with Gasteiger partial charge in [0.15, 0.2) is 5.84 Å². The molecule has 5 nitrogen and oxygen atoms in total. The highest BCUT2D eigenvalue weighted by Gasteiger charge is 2.07. The van der Waals surface area contributed by atoms with Crippen LogP contribution in [0.3, 0.4) is 0 Å². The predicted molar refractivity (Wildman–Crippen MR) is 110 cm³/mol. The summed E-state index contributed by atoms with van der Waals surface area (Å²) in [4.78, 5) is 4.17. The van der Waals surface area contributed by atoms with E-state index in [4.69, 9.17) is 5.73 Å². The van der Waals surface area contributed by atoms with Gasteiger partial charge < -0.3 is 10.3 Å². The third-order valence-electron chi connectivity index (χ3n) is 4.30. The number of nitrogens with two attached hydrogens (primary N) is 1. The summed E-state index contributed by atoms with van der Waals surface area (Å²) >= 11 is 0. The van der Waals surface area contributed by atoms with Crippen LogP contribution in [0.15, 0.2) is 95.4 Å². The molecule has 0 radical (unpaired) electrons. The van der Waals surface area contributed by atoms with E-state index >= 15 is 0 Å². The van der Waals surface area contributed by atoms with E-state index in [0.29, 0.717) is 11.5 Å². The number of amidine groups is 1. The maximum absolute atomic E-state index is 5.95. The second kappa shape index (κ2) is 7.66. The first-order valence-electron chi connectivity index (χ1n) is 8.71. The van der Waals surface area contributed by atoms with Crippen molar-refractivity contribution in [3.05, 3.63) is 102 Å². The third kappa shape index (κ3) is 3.77. The summed E-state index contributed by atoms with van der Waals surface area (Å²) in [5.41, 5.74) is 9.97. The van der Waals surface area contributed by atoms with Crippen LogP contribution in [0.5, 0.6) is 0 Å². The molecule has 2 aromatic carbocycles. The quantitative estimate of drug-likeness (QED) is 0.337. The average Bonchev–Trinajstić information content (AvgIpc) is 3.07. The number of para-hydroxylation sites is 1. The molecule has 0 amide bonds. The summed E-state index contributed by atoms with van der Waals surface area (Å²) in [6.07, 6.45) is 5.51. The lowest BCUT2D eigenvalue weighted by Crippen LogP contribution is -2.14. The van der Waals surface area contributed by atoms with E-state index in [-0.39, 0.29) is 0 Å². The zero-order valence-electron chi connectivity index (χ0n) is 14.7. The van der Waals surface area contributed by atoms with E-state index in [1.54, 1.807) is 18.5 Å². The van der Waals surface area contributed by atoms with Crippen molar-refractivity contribution in [2.75, 3.05) is 0 Å². The van der Waals surface area contributed by atoms with Crippen LogP contribution < -0.4 is 5.73 Å². The Morgan fingerprint density at radius 2 is 1.74 bits per heavy atom. The van der Waals surface area contributed by atoms with Gasteiger partial charge in [-0.2, -0.15) is 5.10 Å². The van der Waals surface area contributed by atoms with Crippen molar-refractivity contribution in [2.45, 2.75) is 6.54 Å². The summed E-state index contributed by atoms with van der Waals surface area (Å²) in [5, 5.41) is 9.38. The predicted octanol–water partition coefficient (Wildman–Crippen LogP) is 3.82. The molecule has 2 N–H and O–H groups in total. The normalized spacial score (nSPS) is 12.1. The van der Waals surface area contributed by atoms with Crippen LogP contribution in [0.2, 0.25) is 0 Å². The summed E-state index contributed by atoms with van der Waals surface area (Å²) in [7, 11) is 0. The lowest BCUT2D eigenvalue weighted by molar-refractivity contribution is 0.836. The molecule has 0 fully saturated rings. The number of fused-ring (bicyclic) bond motifs is 1. The molecule has 0 aliphatic heterocycles. The molecule has 0 atom stereocenters. The lowest BCUT2D eigenvalue weighted by atomic mass is 10.2. The SMILES string of the molecule is N/C(=N\N=C/c1cn(Cc2ccccc2)c2ccccc12)c1ccccn1. The van der Waals surface area contributed by atoms with Crippen LogP contribution >= 0.6 is 0 Å². The first kappa shape index (κ1) is 16.7. The van der Waals surface area contributed by atoms with Gasteiger partial charge >= 0.3 is 0 Å². The average molecular weight is 353 g/mol. The highest BCUT2D eigenvalue weighted by Crippen LogP contribution is 2.21. The molecule has 0 spiro atoms. The number of rotatable bonds is 5. The number of aromatic nitrogens is 2. The van der Waals surface area contributed by atoms with Gasteiger partial charge in [-0.25, -0.2) is 0 Å². The first-order valence-corrected chi connectivity index (χ1v) is 8.71. The minimum absolute atomic E-state index is 0.292. The van der Waals surface area contributed by atoms with Crippen molar-refractivity contribution < 1.29 is 0 Å². The molecule has 0 saturated heterocycles. The van der Waals surface area contributed by atoms with E-state index in [1.807, 2.05) is 30.3 Å². The van der Waals surface area contributed by atoms with Gasteiger partial charge in [0, 0.05) is 35.4 Å². The first-order chi connectivity index (χ1) is 13.3. The second-order valence-electron chi connectivity index (χ2n) is 6.16. The summed E-state index contributed by atoms with van der Waals surface area (Å²) < 4.78 is 2.22. The van der Waals surface area contributed by atoms with E-state index in [0.717, 1.165) is 23.0 Å². The third-order valence-corrected chi connectivity index (χ3v) is 4.30. The van der Waals surface area contributed by atoms with Crippen LogP contribution in [0.4, 0.5) is 0 Å². The van der Waals surface area contributed by atoms with Gasteiger partial charge in [0.25, 0.3) is 0 Å². The smallest absolute Gasteiger partial charge is 0.171 e. The fourth-order valence-corrected chi connectivity index (χ4v) is 3.01. The Labute approximate surface area is 157 Å². The molecule has 0 bridgehead atoms. The lowest BCUT2D eigenvalue weighted by Gasteiger charge is -2.05. The van der Waals surface area contributed by atoms with Crippen LogP contribution in [-0.4, -0.2) is 21.6 Å². The van der Waals surface area contributed by atoms with Gasteiger partial charge in [-0.15, -0.1) is 5.10 Å². The molecule has 2 heterocycles. The van der Waals surface area contributed by atoms with Gasteiger partial charge in [0.2, 0.25) is 0 Å². The molecule has 5 heteroatoms. The summed E-state index contributed by atoms with van der Waals surface area (Å²) in [5.74, 6) is 0.292. The molecule has 0 unspecified atom stereocenters. The zero-order chi connectivity index (χ0) is 18.5. The van der Waals surface area contributed by atoms with Crippen molar-refractivity contribution in [3.63, 3.8) is 0 Å². The van der Waals surface area contributed by atoms with E-state index in [9.17, 15) is 0 Å². The van der Waals surface area contributed by atoms with Gasteiger partial charge in [-0.1, -0.05) is 54.6 Å². The van der Waals surface area contributed by atoms with Crippen LogP contribution in [-0.2, 0) is 6.54 Å². The van der Waals surface area contributed by atoms with Gasteiger partial charge in [0.1, 0.15) is 5.69 Å². The number of hydrogen-bond donors (Lipinski definition) is 1. The Balaban J connectivity index is 1.64. The molecular weight excluding hydrogens is 334 g/mol. The highest BCUT2D eigenvalue weighted by molar-refractivity contribution is 6.00. The number of nitrogens with zero attached hydrogens (tertiary/aromatic N) is 4. The molecule has 0 aliphatic rings. The Hall–Kier alpha value is -3.73. The monoisotopic (exact) mass is 353 g/mol. The topological polar surface area (TPSA) is 68.6 Å². The molecule has 4 aromatic rings. The molecular formula is C22H19N5. The Morgan fingerprint density at radius 1 is 0.963 bits per heavy atom. The molecule has 0 saturated carbocycles. The van der Waals surface area contributed by atoms with Crippen molar-refractivity contribution in [1.82, 2.24) is 9.55 Å². The Morgan fingerprint density at radius 3 is 2.56 bits per heavy atom. The Kier molecular flexibility index (Phi) is 4.74. The van der Waals surface area contributed by atoms with Gasteiger partial charge in [0.05, 0.1) is 6.21 Å². The van der Waals surface area contributed by atoms with Crippen molar-refractivity contribution >= 4 is 23.0 Å². The van der Waals surface area contributed by atoms with Crippen LogP contribution in [0, 0.1) is 0 Å². The minimum Gasteiger partial charge on any atom is -0.380 e. The molecule has 0 aliphatic carbocycles. The molecule has 4 rings (SSSR count). The minimum atomic E-state index is 0.292. The molecule has 27 heavy (non-hydrogen) atoms. The highest BCUT2D eigenvalue weighted by atomic mass is 15.2. The van der Waals surface area contributed by atoms with E-state index in [1.165, 1.54) is 5.56 Å². The summed E-state index contributed by atoms with van der Waals surface area (Å²) in [6, 6.07) is 24.2. The van der Waals surface area contributed by atoms with Gasteiger partial charge in [-0.3, -0.25) is 4.98 Å². The van der Waals surface area contributed by atoms with E-state index < -0.39 is 0 Å². The fourth-order valence-electron chi connectivity index (χ4n) is 3.01. The fraction of sp³-hybridized carbons (Fsp3) is 0.0455. The number of benzene rings is 2. The van der Waals surface area contributed by atoms with Gasteiger partial charge in [-0.05, 0) is 23.8 Å². The molecule has 132 valence electrons. The standard InChI is InChI=1S/C22H19N5/c23-22(20-11-6-7-13-24-20)26-25-14-18-16-27(15-17-8-2-1-3-9-17)21-12-5-4-10-19(18)21/h1-14,16H,15H2,(H2,23,26)/b25-14-. The molecule has 2 aromatic heterocycles. The number of pyridine rings is 1. The van der Waals surface area contributed by atoms with E-state index in [2.05, 4.69) is 62.3 Å².